The SMILES string of the molecule is CCN(C)CCNC(=NC)NC1CCN(c2c(F)cccc2F)C1.I. The van der Waals surface area contributed by atoms with E-state index < -0.39 is 11.6 Å². The molecule has 0 aromatic heterocycles. The van der Waals surface area contributed by atoms with E-state index in [9.17, 15) is 8.78 Å². The predicted molar refractivity (Wildman–Crippen MR) is 110 cm³/mol. The molecule has 0 aliphatic carbocycles. The van der Waals surface area contributed by atoms with Crippen LogP contribution in [0.5, 0.6) is 0 Å². The van der Waals surface area contributed by atoms with E-state index in [0.29, 0.717) is 13.1 Å². The van der Waals surface area contributed by atoms with Crippen LogP contribution in [0.2, 0.25) is 0 Å². The van der Waals surface area contributed by atoms with Crippen LogP contribution in [0.1, 0.15) is 13.3 Å². The van der Waals surface area contributed by atoms with Crippen molar-refractivity contribution >= 4 is 35.6 Å². The lowest BCUT2D eigenvalue weighted by atomic mass is 10.2. The van der Waals surface area contributed by atoms with E-state index in [1.165, 1.54) is 18.2 Å². The van der Waals surface area contributed by atoms with Crippen LogP contribution in [0, 0.1) is 11.6 Å². The van der Waals surface area contributed by atoms with Gasteiger partial charge >= 0.3 is 0 Å². The van der Waals surface area contributed by atoms with Crippen LogP contribution in [-0.2, 0) is 0 Å². The first-order valence-corrected chi connectivity index (χ1v) is 8.39. The Balaban J connectivity index is 0.00000312. The summed E-state index contributed by atoms with van der Waals surface area (Å²) < 4.78 is 27.8. The highest BCUT2D eigenvalue weighted by Gasteiger charge is 2.27. The Bertz CT molecular complexity index is 550. The van der Waals surface area contributed by atoms with E-state index in [1.54, 1.807) is 11.9 Å². The summed E-state index contributed by atoms with van der Waals surface area (Å²) in [5, 5.41) is 6.60. The van der Waals surface area contributed by atoms with Gasteiger partial charge in [-0.25, -0.2) is 8.78 Å². The van der Waals surface area contributed by atoms with E-state index in [4.69, 9.17) is 0 Å². The number of nitrogens with zero attached hydrogens (tertiary/aromatic N) is 3. The highest BCUT2D eigenvalue weighted by atomic mass is 127. The Morgan fingerprint density at radius 2 is 2.04 bits per heavy atom. The first-order valence-electron chi connectivity index (χ1n) is 8.39. The van der Waals surface area contributed by atoms with Gasteiger partial charge in [0.2, 0.25) is 0 Å². The summed E-state index contributed by atoms with van der Waals surface area (Å²) in [6, 6.07) is 4.09. The van der Waals surface area contributed by atoms with Gasteiger partial charge in [0.15, 0.2) is 5.96 Å². The third-order valence-electron chi connectivity index (χ3n) is 4.33. The average Bonchev–Trinajstić information content (AvgIpc) is 3.01. The lowest BCUT2D eigenvalue weighted by Gasteiger charge is -2.21. The molecule has 1 aromatic carbocycles. The third-order valence-corrected chi connectivity index (χ3v) is 4.33. The number of hydrogen-bond donors (Lipinski definition) is 2. The molecular formula is C17H28F2IN5. The first-order chi connectivity index (χ1) is 11.5. The second kappa shape index (κ2) is 10.7. The molecule has 1 heterocycles. The maximum Gasteiger partial charge on any atom is 0.191 e. The Morgan fingerprint density at radius 1 is 1.36 bits per heavy atom. The van der Waals surface area contributed by atoms with Crippen molar-refractivity contribution in [2.75, 3.05) is 51.7 Å². The maximum absolute atomic E-state index is 13.9. The van der Waals surface area contributed by atoms with Gasteiger partial charge < -0.3 is 20.4 Å². The van der Waals surface area contributed by atoms with Crippen molar-refractivity contribution in [3.63, 3.8) is 0 Å². The van der Waals surface area contributed by atoms with Crippen LogP contribution in [0.4, 0.5) is 14.5 Å². The molecule has 0 radical (unpaired) electrons. The van der Waals surface area contributed by atoms with Crippen molar-refractivity contribution in [2.24, 2.45) is 4.99 Å². The van der Waals surface area contributed by atoms with Crippen molar-refractivity contribution in [2.45, 2.75) is 19.4 Å². The fraction of sp³-hybridized carbons (Fsp3) is 0.588. The maximum atomic E-state index is 13.9. The molecule has 2 N–H and O–H groups in total. The highest BCUT2D eigenvalue weighted by molar-refractivity contribution is 14.0. The van der Waals surface area contributed by atoms with Gasteiger partial charge in [0.05, 0.1) is 0 Å². The van der Waals surface area contributed by atoms with Crippen LogP contribution in [0.15, 0.2) is 23.2 Å². The number of aliphatic imine (C=N–C) groups is 1. The number of halogens is 3. The van der Waals surface area contributed by atoms with Gasteiger partial charge in [0, 0.05) is 39.3 Å². The number of guanidine groups is 1. The quantitative estimate of drug-likeness (QED) is 0.383. The Morgan fingerprint density at radius 3 is 2.64 bits per heavy atom. The molecule has 142 valence electrons. The molecule has 1 saturated heterocycles. The first kappa shape index (κ1) is 21.9. The van der Waals surface area contributed by atoms with Crippen LogP contribution in [0.25, 0.3) is 0 Å². The van der Waals surface area contributed by atoms with Gasteiger partial charge in [-0.15, -0.1) is 24.0 Å². The molecule has 0 saturated carbocycles. The summed E-state index contributed by atoms with van der Waals surface area (Å²) >= 11 is 0. The zero-order valence-electron chi connectivity index (χ0n) is 15.1. The molecule has 1 aliphatic rings. The number of anilines is 1. The standard InChI is InChI=1S/C17H27F2N5.HI/c1-4-23(3)11-9-21-17(20-2)22-13-8-10-24(12-13)16-14(18)6-5-7-15(16)19;/h5-7,13H,4,8-12H2,1-3H3,(H2,20,21,22);1H. The molecule has 1 unspecified atom stereocenters. The number of benzene rings is 1. The largest absolute Gasteiger partial charge is 0.365 e. The van der Waals surface area contributed by atoms with E-state index >= 15 is 0 Å². The molecule has 1 atom stereocenters. The molecule has 5 nitrogen and oxygen atoms in total. The number of rotatable bonds is 6. The lowest BCUT2D eigenvalue weighted by molar-refractivity contribution is 0.357. The van der Waals surface area contributed by atoms with Crippen molar-refractivity contribution in [3.05, 3.63) is 29.8 Å². The smallest absolute Gasteiger partial charge is 0.191 e. The summed E-state index contributed by atoms with van der Waals surface area (Å²) in [6.07, 6.45) is 0.809. The minimum atomic E-state index is -0.513. The van der Waals surface area contributed by atoms with Gasteiger partial charge in [0.25, 0.3) is 0 Å². The summed E-state index contributed by atoms with van der Waals surface area (Å²) in [6.45, 7) is 6.00. The third kappa shape index (κ3) is 6.25. The van der Waals surface area contributed by atoms with E-state index in [0.717, 1.165) is 32.0 Å². The van der Waals surface area contributed by atoms with E-state index in [1.807, 2.05) is 0 Å². The van der Waals surface area contributed by atoms with Crippen molar-refractivity contribution < 1.29 is 8.78 Å². The summed E-state index contributed by atoms with van der Waals surface area (Å²) in [5.41, 5.74) is 0.0642. The number of nitrogens with one attached hydrogen (secondary N) is 2. The van der Waals surface area contributed by atoms with E-state index in [-0.39, 0.29) is 35.7 Å². The number of likely N-dealkylation sites (N-methyl/N-ethyl adjacent to an activating group) is 1. The summed E-state index contributed by atoms with van der Waals surface area (Å²) in [4.78, 5) is 8.17. The molecule has 1 fully saturated rings. The minimum Gasteiger partial charge on any atom is -0.365 e. The normalized spacial score (nSPS) is 17.6. The van der Waals surface area contributed by atoms with Crippen LogP contribution in [-0.4, -0.2) is 63.7 Å². The second-order valence-corrected chi connectivity index (χ2v) is 6.04. The Hall–Kier alpha value is -1.16. The van der Waals surface area contributed by atoms with Crippen LogP contribution >= 0.6 is 24.0 Å². The number of para-hydroxylation sites is 1. The predicted octanol–water partition coefficient (Wildman–Crippen LogP) is 2.28. The second-order valence-electron chi connectivity index (χ2n) is 6.04. The van der Waals surface area contributed by atoms with Crippen molar-refractivity contribution in [1.82, 2.24) is 15.5 Å². The van der Waals surface area contributed by atoms with Gasteiger partial charge in [-0.2, -0.15) is 0 Å². The summed E-state index contributed by atoms with van der Waals surface area (Å²) in [7, 11) is 3.79. The Labute approximate surface area is 165 Å². The zero-order valence-corrected chi connectivity index (χ0v) is 17.4. The molecule has 1 aromatic rings. The minimum absolute atomic E-state index is 0. The fourth-order valence-electron chi connectivity index (χ4n) is 2.78. The zero-order chi connectivity index (χ0) is 17.5. The van der Waals surface area contributed by atoms with Crippen LogP contribution < -0.4 is 15.5 Å². The van der Waals surface area contributed by atoms with Gasteiger partial charge in [-0.3, -0.25) is 4.99 Å². The topological polar surface area (TPSA) is 42.9 Å². The lowest BCUT2D eigenvalue weighted by Crippen LogP contribution is -2.46. The number of hydrogen-bond acceptors (Lipinski definition) is 3. The van der Waals surface area contributed by atoms with Crippen LogP contribution in [0.3, 0.4) is 0 Å². The van der Waals surface area contributed by atoms with Crippen molar-refractivity contribution in [1.29, 1.82) is 0 Å². The van der Waals surface area contributed by atoms with E-state index in [2.05, 4.69) is 34.5 Å². The molecule has 2 rings (SSSR count). The molecule has 0 amide bonds. The highest BCUT2D eigenvalue weighted by Crippen LogP contribution is 2.26. The van der Waals surface area contributed by atoms with Crippen molar-refractivity contribution in [3.8, 4) is 0 Å². The monoisotopic (exact) mass is 467 g/mol. The average molecular weight is 467 g/mol. The molecule has 25 heavy (non-hydrogen) atoms. The fourth-order valence-corrected chi connectivity index (χ4v) is 2.78. The molecule has 0 bridgehead atoms. The Kier molecular flexibility index (Phi) is 9.41. The van der Waals surface area contributed by atoms with Gasteiger partial charge in [-0.1, -0.05) is 13.0 Å². The van der Waals surface area contributed by atoms with Gasteiger partial charge in [0.1, 0.15) is 17.3 Å². The van der Waals surface area contributed by atoms with Gasteiger partial charge in [-0.05, 0) is 32.1 Å². The molecular weight excluding hydrogens is 439 g/mol. The molecule has 0 spiro atoms. The molecule has 1 aliphatic heterocycles. The summed E-state index contributed by atoms with van der Waals surface area (Å²) in [5.74, 6) is -0.304. The molecule has 8 heteroatoms.